The monoisotopic (exact) mass is 400 g/mol. The smallest absolute Gasteiger partial charge is 0.325 e. The van der Waals surface area contributed by atoms with Gasteiger partial charge in [0.2, 0.25) is 5.91 Å². The molecule has 154 valence electrons. The van der Waals surface area contributed by atoms with E-state index in [-0.39, 0.29) is 42.7 Å². The molecule has 2 heterocycles. The van der Waals surface area contributed by atoms with E-state index in [0.717, 1.165) is 37.0 Å². The Hall–Kier alpha value is -1.34. The van der Waals surface area contributed by atoms with E-state index in [0.29, 0.717) is 31.8 Å². The van der Waals surface area contributed by atoms with Crippen LogP contribution in [0, 0.1) is 11.8 Å². The summed E-state index contributed by atoms with van der Waals surface area (Å²) in [6, 6.07) is -0.376. The molecule has 0 aromatic carbocycles. The van der Waals surface area contributed by atoms with Crippen LogP contribution in [-0.4, -0.2) is 58.9 Å². The molecular formula is C19H33ClN4O3. The SMILES string of the molecule is CCC1CCC2(CC1)NC(=O)N(CC(=O)N1CCCC(C(C)N)C1)C2=O.Cl. The van der Waals surface area contributed by atoms with Gasteiger partial charge in [0, 0.05) is 19.1 Å². The summed E-state index contributed by atoms with van der Waals surface area (Å²) in [4.78, 5) is 40.9. The van der Waals surface area contributed by atoms with Crippen LogP contribution in [0.15, 0.2) is 0 Å². The Morgan fingerprint density at radius 2 is 1.96 bits per heavy atom. The molecule has 2 atom stereocenters. The van der Waals surface area contributed by atoms with Crippen LogP contribution in [0.4, 0.5) is 4.79 Å². The topological polar surface area (TPSA) is 95.7 Å². The highest BCUT2D eigenvalue weighted by Crippen LogP contribution is 2.37. The zero-order chi connectivity index (χ0) is 18.9. The number of urea groups is 1. The number of piperidine rings is 1. The lowest BCUT2D eigenvalue weighted by Gasteiger charge is -2.36. The van der Waals surface area contributed by atoms with Gasteiger partial charge in [0.15, 0.2) is 0 Å². The predicted octanol–water partition coefficient (Wildman–Crippen LogP) is 1.88. The lowest BCUT2D eigenvalue weighted by Crippen LogP contribution is -2.51. The van der Waals surface area contributed by atoms with E-state index >= 15 is 0 Å². The van der Waals surface area contributed by atoms with E-state index < -0.39 is 11.6 Å². The van der Waals surface area contributed by atoms with Crippen molar-refractivity contribution in [1.29, 1.82) is 0 Å². The summed E-state index contributed by atoms with van der Waals surface area (Å²) >= 11 is 0. The number of hydrogen-bond acceptors (Lipinski definition) is 4. The van der Waals surface area contributed by atoms with Crippen molar-refractivity contribution >= 4 is 30.3 Å². The lowest BCUT2D eigenvalue weighted by molar-refractivity contribution is -0.140. The number of likely N-dealkylation sites (tertiary alicyclic amines) is 1. The maximum absolute atomic E-state index is 12.9. The van der Waals surface area contributed by atoms with Crippen LogP contribution in [-0.2, 0) is 9.59 Å². The molecule has 1 spiro atoms. The number of rotatable bonds is 4. The Labute approximate surface area is 167 Å². The van der Waals surface area contributed by atoms with Crippen molar-refractivity contribution in [2.45, 2.75) is 70.4 Å². The number of halogens is 1. The van der Waals surface area contributed by atoms with Crippen LogP contribution >= 0.6 is 12.4 Å². The lowest BCUT2D eigenvalue weighted by atomic mass is 9.75. The fourth-order valence-electron chi connectivity index (χ4n) is 4.64. The maximum Gasteiger partial charge on any atom is 0.325 e. The molecule has 4 amide bonds. The Kier molecular flexibility index (Phi) is 7.14. The van der Waals surface area contributed by atoms with Gasteiger partial charge in [-0.3, -0.25) is 14.5 Å². The first-order valence-electron chi connectivity index (χ1n) is 10.0. The van der Waals surface area contributed by atoms with Crippen molar-refractivity contribution in [3.05, 3.63) is 0 Å². The molecule has 2 saturated heterocycles. The molecule has 0 radical (unpaired) electrons. The van der Waals surface area contributed by atoms with Crippen molar-refractivity contribution in [1.82, 2.24) is 15.1 Å². The molecule has 1 saturated carbocycles. The summed E-state index contributed by atoms with van der Waals surface area (Å²) in [5.41, 5.74) is 5.21. The zero-order valence-electron chi connectivity index (χ0n) is 16.4. The summed E-state index contributed by atoms with van der Waals surface area (Å²) in [7, 11) is 0. The summed E-state index contributed by atoms with van der Waals surface area (Å²) < 4.78 is 0. The standard InChI is InChI=1S/C19H32N4O3.ClH/c1-3-14-6-8-19(9-7-14)17(25)23(18(26)21-19)12-16(24)22-10-4-5-15(11-22)13(2)20;/h13-15H,3-12,20H2,1-2H3,(H,21,26);1H. The summed E-state index contributed by atoms with van der Waals surface area (Å²) in [5.74, 6) is 0.542. The number of nitrogens with two attached hydrogens (primary N) is 1. The van der Waals surface area contributed by atoms with E-state index in [1.807, 2.05) is 6.92 Å². The van der Waals surface area contributed by atoms with Crippen molar-refractivity contribution in [2.75, 3.05) is 19.6 Å². The molecule has 1 aliphatic carbocycles. The third-order valence-electron chi connectivity index (χ3n) is 6.63. The zero-order valence-corrected chi connectivity index (χ0v) is 17.2. The van der Waals surface area contributed by atoms with Gasteiger partial charge in [0.05, 0.1) is 0 Å². The Morgan fingerprint density at radius 3 is 2.56 bits per heavy atom. The fourth-order valence-corrected chi connectivity index (χ4v) is 4.64. The predicted molar refractivity (Wildman–Crippen MR) is 105 cm³/mol. The average Bonchev–Trinajstić information content (AvgIpc) is 2.86. The third kappa shape index (κ3) is 4.40. The largest absolute Gasteiger partial charge is 0.341 e. The highest BCUT2D eigenvalue weighted by molar-refractivity contribution is 6.09. The van der Waals surface area contributed by atoms with Crippen LogP contribution < -0.4 is 11.1 Å². The minimum atomic E-state index is -0.779. The molecule has 7 nitrogen and oxygen atoms in total. The number of imide groups is 1. The summed E-state index contributed by atoms with van der Waals surface area (Å²) in [6.45, 7) is 5.26. The molecule has 2 unspecified atom stereocenters. The molecule has 0 aromatic rings. The second kappa shape index (κ2) is 8.78. The van der Waals surface area contributed by atoms with Crippen LogP contribution in [0.3, 0.4) is 0 Å². The number of carbonyl (C=O) groups excluding carboxylic acids is 3. The van der Waals surface area contributed by atoms with Crippen molar-refractivity contribution < 1.29 is 14.4 Å². The average molecular weight is 401 g/mol. The van der Waals surface area contributed by atoms with Crippen molar-refractivity contribution in [3.63, 3.8) is 0 Å². The second-order valence-electron chi connectivity index (χ2n) is 8.36. The number of nitrogens with zero attached hydrogens (tertiary/aromatic N) is 2. The molecular weight excluding hydrogens is 368 g/mol. The van der Waals surface area contributed by atoms with E-state index in [4.69, 9.17) is 5.73 Å². The number of carbonyl (C=O) groups is 3. The molecule has 3 N–H and O–H groups in total. The molecule has 3 rings (SSSR count). The van der Waals surface area contributed by atoms with Gasteiger partial charge in [0.1, 0.15) is 12.1 Å². The van der Waals surface area contributed by atoms with Gasteiger partial charge in [-0.15, -0.1) is 12.4 Å². The van der Waals surface area contributed by atoms with Crippen molar-refractivity contribution in [3.8, 4) is 0 Å². The van der Waals surface area contributed by atoms with Crippen LogP contribution in [0.2, 0.25) is 0 Å². The van der Waals surface area contributed by atoms with Gasteiger partial charge in [-0.1, -0.05) is 13.3 Å². The molecule has 8 heteroatoms. The van der Waals surface area contributed by atoms with Gasteiger partial charge in [-0.2, -0.15) is 0 Å². The number of nitrogens with one attached hydrogen (secondary N) is 1. The summed E-state index contributed by atoms with van der Waals surface area (Å²) in [5, 5.41) is 2.90. The Morgan fingerprint density at radius 1 is 1.30 bits per heavy atom. The number of hydrogen-bond donors (Lipinski definition) is 2. The first-order chi connectivity index (χ1) is 12.4. The minimum absolute atomic E-state index is 0. The van der Waals surface area contributed by atoms with Crippen molar-refractivity contribution in [2.24, 2.45) is 17.6 Å². The minimum Gasteiger partial charge on any atom is -0.341 e. The first-order valence-corrected chi connectivity index (χ1v) is 10.0. The highest BCUT2D eigenvalue weighted by atomic mass is 35.5. The van der Waals surface area contributed by atoms with Crippen LogP contribution in [0.1, 0.15) is 58.8 Å². The van der Waals surface area contributed by atoms with Gasteiger partial charge < -0.3 is 16.0 Å². The first kappa shape index (κ1) is 22.0. The van der Waals surface area contributed by atoms with Gasteiger partial charge >= 0.3 is 6.03 Å². The normalized spacial score (nSPS) is 32.3. The summed E-state index contributed by atoms with van der Waals surface area (Å²) in [6.07, 6.45) is 6.30. The molecule has 27 heavy (non-hydrogen) atoms. The van der Waals surface area contributed by atoms with E-state index in [2.05, 4.69) is 12.2 Å². The fraction of sp³-hybridized carbons (Fsp3) is 0.842. The van der Waals surface area contributed by atoms with E-state index in [9.17, 15) is 14.4 Å². The van der Waals surface area contributed by atoms with Crippen LogP contribution in [0.25, 0.3) is 0 Å². The van der Waals surface area contributed by atoms with E-state index in [1.165, 1.54) is 0 Å². The van der Waals surface area contributed by atoms with Gasteiger partial charge in [-0.25, -0.2) is 4.79 Å². The molecule has 2 aliphatic heterocycles. The maximum atomic E-state index is 12.9. The Bertz CT molecular complexity index is 575. The molecule has 0 bridgehead atoms. The Balaban J connectivity index is 0.00000261. The third-order valence-corrected chi connectivity index (χ3v) is 6.63. The van der Waals surface area contributed by atoms with E-state index in [1.54, 1.807) is 4.90 Å². The number of amides is 4. The highest BCUT2D eigenvalue weighted by Gasteiger charge is 2.52. The quantitative estimate of drug-likeness (QED) is 0.704. The second-order valence-corrected chi connectivity index (χ2v) is 8.36. The van der Waals surface area contributed by atoms with Crippen LogP contribution in [0.5, 0.6) is 0 Å². The molecule has 3 fully saturated rings. The van der Waals surface area contributed by atoms with Gasteiger partial charge in [-0.05, 0) is 57.3 Å². The van der Waals surface area contributed by atoms with Gasteiger partial charge in [0.25, 0.3) is 5.91 Å². The molecule has 3 aliphatic rings. The molecule has 0 aromatic heterocycles.